The molecule has 260 valence electrons. The molecular weight excluding hydrogens is 650 g/mol. The fourth-order valence-electron chi connectivity index (χ4n) is 6.13. The van der Waals surface area contributed by atoms with Gasteiger partial charge < -0.3 is 19.5 Å². The molecule has 6 rings (SSSR count). The van der Waals surface area contributed by atoms with Crippen LogP contribution in [0.2, 0.25) is 0 Å². The standard InChI is InChI=1S/C32H41N11O5S/c1-3-49(44,45)15-14-47-31-29(21-43(38-31)28-8-6-27(7-9-28)41-10-12-46-13-11-41)37-32-34-18-26(19-35-32)24-4-5-25(17-33)30(16-24)48-23(2)20-42-22-36-39-40-42/h4-5,16,18-19,21-23,27-28H,3,6-15,20H2,1-2H3,(H,34,35,37). The number of nitrogens with one attached hydrogen (secondary N) is 1. The zero-order chi connectivity index (χ0) is 34.2. The quantitative estimate of drug-likeness (QED) is 0.203. The molecular formula is C32H41N11O5S. The lowest BCUT2D eigenvalue weighted by Crippen LogP contribution is -2.45. The molecule has 0 amide bonds. The van der Waals surface area contributed by atoms with Crippen LogP contribution in [-0.2, 0) is 21.1 Å². The molecule has 0 radical (unpaired) electrons. The second-order valence-electron chi connectivity index (χ2n) is 12.2. The third-order valence-electron chi connectivity index (χ3n) is 8.87. The van der Waals surface area contributed by atoms with Gasteiger partial charge in [-0.05, 0) is 60.7 Å². The maximum Gasteiger partial charge on any atom is 0.256 e. The van der Waals surface area contributed by atoms with Crippen LogP contribution in [-0.4, -0.2) is 110 Å². The summed E-state index contributed by atoms with van der Waals surface area (Å²) < 4.78 is 45.2. The van der Waals surface area contributed by atoms with E-state index in [4.69, 9.17) is 19.3 Å². The minimum Gasteiger partial charge on any atom is -0.487 e. The number of hydrogen-bond acceptors (Lipinski definition) is 14. The van der Waals surface area contributed by atoms with Gasteiger partial charge in [-0.1, -0.05) is 13.0 Å². The number of nitriles is 1. The molecule has 1 aliphatic heterocycles. The van der Waals surface area contributed by atoms with Crippen molar-refractivity contribution in [3.05, 3.63) is 48.7 Å². The maximum absolute atomic E-state index is 12.1. The predicted octanol–water partition coefficient (Wildman–Crippen LogP) is 3.04. The zero-order valence-electron chi connectivity index (χ0n) is 27.7. The van der Waals surface area contributed by atoms with Crippen LogP contribution in [0.5, 0.6) is 11.6 Å². The Morgan fingerprint density at radius 1 is 1.10 bits per heavy atom. The minimum absolute atomic E-state index is 0.0110. The van der Waals surface area contributed by atoms with E-state index in [1.165, 1.54) is 6.33 Å². The van der Waals surface area contributed by atoms with Crippen LogP contribution in [0.4, 0.5) is 11.6 Å². The molecule has 1 saturated carbocycles. The zero-order valence-corrected chi connectivity index (χ0v) is 28.5. The number of hydrogen-bond donors (Lipinski definition) is 1. The molecule has 17 heteroatoms. The van der Waals surface area contributed by atoms with E-state index < -0.39 is 9.84 Å². The van der Waals surface area contributed by atoms with Crippen molar-refractivity contribution in [1.29, 1.82) is 5.26 Å². The number of nitrogens with zero attached hydrogens (tertiary/aromatic N) is 10. The van der Waals surface area contributed by atoms with Gasteiger partial charge in [-0.15, -0.1) is 10.2 Å². The summed E-state index contributed by atoms with van der Waals surface area (Å²) in [6.07, 6.45) is 10.5. The van der Waals surface area contributed by atoms with Gasteiger partial charge in [0.05, 0.1) is 43.3 Å². The van der Waals surface area contributed by atoms with Crippen molar-refractivity contribution in [2.45, 2.75) is 64.3 Å². The minimum atomic E-state index is -3.20. The van der Waals surface area contributed by atoms with Crippen LogP contribution in [0.25, 0.3) is 11.1 Å². The Morgan fingerprint density at radius 2 is 1.86 bits per heavy atom. The molecule has 49 heavy (non-hydrogen) atoms. The van der Waals surface area contributed by atoms with E-state index in [9.17, 15) is 13.7 Å². The smallest absolute Gasteiger partial charge is 0.256 e. The highest BCUT2D eigenvalue weighted by Crippen LogP contribution is 2.35. The molecule has 4 heterocycles. The second-order valence-corrected chi connectivity index (χ2v) is 14.7. The number of ether oxygens (including phenoxy) is 3. The van der Waals surface area contributed by atoms with E-state index in [1.54, 1.807) is 36.1 Å². The fraction of sp³-hybridized carbons (Fsp3) is 0.531. The van der Waals surface area contributed by atoms with Crippen molar-refractivity contribution < 1.29 is 22.6 Å². The third kappa shape index (κ3) is 8.88. The summed E-state index contributed by atoms with van der Waals surface area (Å²) in [5.41, 5.74) is 2.46. The number of tetrazole rings is 1. The Kier molecular flexibility index (Phi) is 11.0. The van der Waals surface area contributed by atoms with E-state index in [0.717, 1.165) is 63.1 Å². The van der Waals surface area contributed by atoms with Crippen molar-refractivity contribution in [2.75, 3.05) is 49.7 Å². The number of morpholine rings is 1. The highest BCUT2D eigenvalue weighted by atomic mass is 32.2. The van der Waals surface area contributed by atoms with Gasteiger partial charge in [0.25, 0.3) is 5.88 Å². The van der Waals surface area contributed by atoms with Gasteiger partial charge in [-0.3, -0.25) is 9.58 Å². The van der Waals surface area contributed by atoms with E-state index in [2.05, 4.69) is 41.8 Å². The molecule has 1 aromatic carbocycles. The Hall–Kier alpha value is -4.66. The Morgan fingerprint density at radius 3 is 2.55 bits per heavy atom. The molecule has 4 aromatic rings. The predicted molar refractivity (Wildman–Crippen MR) is 179 cm³/mol. The van der Waals surface area contributed by atoms with Crippen LogP contribution in [0, 0.1) is 11.3 Å². The molecule has 0 spiro atoms. The fourth-order valence-corrected chi connectivity index (χ4v) is 6.76. The molecule has 1 N–H and O–H groups in total. The average molecular weight is 692 g/mol. The number of anilines is 2. The summed E-state index contributed by atoms with van der Waals surface area (Å²) >= 11 is 0. The first kappa shape index (κ1) is 34.2. The molecule has 0 bridgehead atoms. The topological polar surface area (TPSA) is 188 Å². The lowest BCUT2D eigenvalue weighted by molar-refractivity contribution is 0.00503. The molecule has 2 fully saturated rings. The van der Waals surface area contributed by atoms with E-state index in [-0.39, 0.29) is 30.3 Å². The first-order chi connectivity index (χ1) is 23.8. The molecule has 3 aromatic heterocycles. The highest BCUT2D eigenvalue weighted by Gasteiger charge is 2.29. The number of sulfone groups is 1. The maximum atomic E-state index is 12.1. The summed E-state index contributed by atoms with van der Waals surface area (Å²) in [7, 11) is -3.20. The Labute approximate surface area is 285 Å². The normalized spacial score (nSPS) is 19.2. The van der Waals surface area contributed by atoms with Crippen molar-refractivity contribution in [3.63, 3.8) is 0 Å². The lowest BCUT2D eigenvalue weighted by atomic mass is 9.90. The first-order valence-corrected chi connectivity index (χ1v) is 18.4. The molecule has 16 nitrogen and oxygen atoms in total. The summed E-state index contributed by atoms with van der Waals surface area (Å²) in [5, 5.41) is 28.8. The van der Waals surface area contributed by atoms with Gasteiger partial charge in [0.15, 0.2) is 9.84 Å². The largest absolute Gasteiger partial charge is 0.487 e. The van der Waals surface area contributed by atoms with E-state index in [0.29, 0.717) is 41.4 Å². The summed E-state index contributed by atoms with van der Waals surface area (Å²) in [5.74, 6) is 1.01. The van der Waals surface area contributed by atoms with Crippen molar-refractivity contribution >= 4 is 21.5 Å². The van der Waals surface area contributed by atoms with Gasteiger partial charge in [-0.25, -0.2) is 23.1 Å². The number of aromatic nitrogens is 8. The van der Waals surface area contributed by atoms with Crippen LogP contribution >= 0.6 is 0 Å². The second kappa shape index (κ2) is 15.7. The number of rotatable bonds is 14. The van der Waals surface area contributed by atoms with Crippen LogP contribution in [0.3, 0.4) is 0 Å². The highest BCUT2D eigenvalue weighted by molar-refractivity contribution is 7.91. The molecule has 1 atom stereocenters. The molecule has 1 unspecified atom stereocenters. The van der Waals surface area contributed by atoms with Crippen molar-refractivity contribution in [2.24, 2.45) is 0 Å². The SMILES string of the molecule is CCS(=O)(=O)CCOc1nn(C2CCC(N3CCOCC3)CC2)cc1Nc1ncc(-c2ccc(C#N)c(OC(C)Cn3cnnn3)c2)cn1. The molecule has 1 saturated heterocycles. The summed E-state index contributed by atoms with van der Waals surface area (Å²) in [4.78, 5) is 11.6. The van der Waals surface area contributed by atoms with E-state index in [1.807, 2.05) is 23.9 Å². The van der Waals surface area contributed by atoms with Crippen LogP contribution in [0.1, 0.15) is 51.1 Å². The van der Waals surface area contributed by atoms with Gasteiger partial charge in [0.2, 0.25) is 5.95 Å². The van der Waals surface area contributed by atoms with Crippen molar-refractivity contribution in [3.8, 4) is 28.8 Å². The van der Waals surface area contributed by atoms with Gasteiger partial charge >= 0.3 is 0 Å². The number of benzene rings is 1. The van der Waals surface area contributed by atoms with Crippen LogP contribution < -0.4 is 14.8 Å². The lowest BCUT2D eigenvalue weighted by Gasteiger charge is -2.38. The van der Waals surface area contributed by atoms with Gasteiger partial charge in [0, 0.05) is 42.8 Å². The van der Waals surface area contributed by atoms with Gasteiger partial charge in [0.1, 0.15) is 36.5 Å². The Bertz CT molecular complexity index is 1810. The van der Waals surface area contributed by atoms with Crippen LogP contribution in [0.15, 0.2) is 43.1 Å². The first-order valence-electron chi connectivity index (χ1n) is 16.6. The average Bonchev–Trinajstić information content (AvgIpc) is 3.79. The molecule has 1 aliphatic carbocycles. The van der Waals surface area contributed by atoms with Crippen molar-refractivity contribution in [1.82, 2.24) is 44.9 Å². The Balaban J connectivity index is 1.15. The summed E-state index contributed by atoms with van der Waals surface area (Å²) in [6, 6.07) is 8.22. The summed E-state index contributed by atoms with van der Waals surface area (Å²) in [6.45, 7) is 7.43. The monoisotopic (exact) mass is 691 g/mol. The van der Waals surface area contributed by atoms with E-state index >= 15 is 0 Å². The van der Waals surface area contributed by atoms with Gasteiger partial charge in [-0.2, -0.15) is 5.26 Å². The molecule has 2 aliphatic rings. The third-order valence-corrected chi connectivity index (χ3v) is 10.5.